The van der Waals surface area contributed by atoms with Gasteiger partial charge in [-0.3, -0.25) is 19.8 Å². The maximum atomic E-state index is 13.0. The lowest BCUT2D eigenvalue weighted by molar-refractivity contribution is -0.386. The Balaban J connectivity index is 1.60. The number of amides is 1. The second-order valence-corrected chi connectivity index (χ2v) is 9.47. The van der Waals surface area contributed by atoms with E-state index in [9.17, 15) is 23.3 Å². The molecule has 11 heteroatoms. The molecule has 0 N–H and O–H groups in total. The summed E-state index contributed by atoms with van der Waals surface area (Å²) >= 11 is 0. The molecular formula is C21H26N4O6S. The van der Waals surface area contributed by atoms with Crippen molar-refractivity contribution in [2.45, 2.75) is 11.4 Å². The summed E-state index contributed by atoms with van der Waals surface area (Å²) in [5.41, 5.74) is 0.691. The Morgan fingerprint density at radius 2 is 1.78 bits per heavy atom. The van der Waals surface area contributed by atoms with Gasteiger partial charge in [0.05, 0.1) is 23.5 Å². The van der Waals surface area contributed by atoms with E-state index in [0.29, 0.717) is 6.54 Å². The monoisotopic (exact) mass is 462 g/mol. The molecule has 3 rings (SSSR count). The highest BCUT2D eigenvalue weighted by molar-refractivity contribution is 7.89. The van der Waals surface area contributed by atoms with Crippen LogP contribution in [-0.4, -0.2) is 80.2 Å². The molecule has 1 aliphatic rings. The van der Waals surface area contributed by atoms with Gasteiger partial charge in [0.2, 0.25) is 15.9 Å². The van der Waals surface area contributed by atoms with Crippen LogP contribution in [0.4, 0.5) is 5.69 Å². The summed E-state index contributed by atoms with van der Waals surface area (Å²) in [5, 5.41) is 11.2. The van der Waals surface area contributed by atoms with Crippen molar-refractivity contribution in [3.8, 4) is 5.75 Å². The zero-order valence-electron chi connectivity index (χ0n) is 18.0. The predicted octanol–water partition coefficient (Wildman–Crippen LogP) is 1.57. The first-order chi connectivity index (χ1) is 15.2. The fourth-order valence-corrected chi connectivity index (χ4v) is 5.02. The van der Waals surface area contributed by atoms with Crippen LogP contribution in [0.1, 0.15) is 5.56 Å². The highest BCUT2D eigenvalue weighted by Gasteiger charge is 2.32. The third-order valence-corrected chi connectivity index (χ3v) is 7.17. The van der Waals surface area contributed by atoms with E-state index in [4.69, 9.17) is 4.74 Å². The van der Waals surface area contributed by atoms with Crippen LogP contribution in [0.25, 0.3) is 0 Å². The van der Waals surface area contributed by atoms with Crippen molar-refractivity contribution in [3.63, 3.8) is 0 Å². The van der Waals surface area contributed by atoms with E-state index in [1.807, 2.05) is 42.3 Å². The van der Waals surface area contributed by atoms with Crippen molar-refractivity contribution in [3.05, 3.63) is 64.2 Å². The number of nitro benzene ring substituents is 1. The molecule has 0 spiro atoms. The average Bonchev–Trinajstić information content (AvgIpc) is 2.79. The number of likely N-dealkylation sites (N-methyl/N-ethyl adjacent to an activating group) is 1. The zero-order valence-corrected chi connectivity index (χ0v) is 18.8. The van der Waals surface area contributed by atoms with E-state index in [2.05, 4.69) is 0 Å². The Labute approximate surface area is 187 Å². The molecular weight excluding hydrogens is 436 g/mol. The number of carbonyl (C=O) groups excluding carboxylic acids is 1. The van der Waals surface area contributed by atoms with Crippen LogP contribution in [0.3, 0.4) is 0 Å². The summed E-state index contributed by atoms with van der Waals surface area (Å²) in [4.78, 5) is 26.6. The van der Waals surface area contributed by atoms with Crippen molar-refractivity contribution >= 4 is 21.6 Å². The summed E-state index contributed by atoms with van der Waals surface area (Å²) in [6.45, 7) is 1.63. The van der Waals surface area contributed by atoms with Crippen LogP contribution in [0.2, 0.25) is 0 Å². The molecule has 0 bridgehead atoms. The summed E-state index contributed by atoms with van der Waals surface area (Å²) in [5.74, 6) is -0.0791. The molecule has 2 aromatic carbocycles. The van der Waals surface area contributed by atoms with E-state index >= 15 is 0 Å². The largest absolute Gasteiger partial charge is 0.490 e. The number of sulfonamides is 1. The lowest BCUT2D eigenvalue weighted by atomic mass is 10.2. The van der Waals surface area contributed by atoms with Crippen LogP contribution >= 0.6 is 0 Å². The molecule has 1 heterocycles. The van der Waals surface area contributed by atoms with Gasteiger partial charge in [-0.05, 0) is 24.7 Å². The SMILES string of the molecule is COc1ccc(S(=O)(=O)N2CCN(C(=O)CN(C)Cc3ccccc3)CC2)cc1[N+](=O)[O-]. The summed E-state index contributed by atoms with van der Waals surface area (Å²) < 4.78 is 32.1. The molecule has 0 radical (unpaired) electrons. The Morgan fingerprint density at radius 3 is 2.38 bits per heavy atom. The summed E-state index contributed by atoms with van der Waals surface area (Å²) in [6, 6.07) is 13.4. The molecule has 0 unspecified atom stereocenters. The van der Waals surface area contributed by atoms with Crippen LogP contribution in [0.5, 0.6) is 5.75 Å². The molecule has 32 heavy (non-hydrogen) atoms. The smallest absolute Gasteiger partial charge is 0.312 e. The third kappa shape index (κ3) is 5.42. The van der Waals surface area contributed by atoms with Crippen molar-refractivity contribution in [2.24, 2.45) is 0 Å². The quantitative estimate of drug-likeness (QED) is 0.432. The second kappa shape index (κ2) is 10.1. The molecule has 0 atom stereocenters. The van der Waals surface area contributed by atoms with Crippen LogP contribution < -0.4 is 4.74 Å². The van der Waals surface area contributed by atoms with Crippen molar-refractivity contribution in [1.29, 1.82) is 0 Å². The molecule has 1 aliphatic heterocycles. The molecule has 1 saturated heterocycles. The molecule has 2 aromatic rings. The van der Waals surface area contributed by atoms with Gasteiger partial charge in [-0.1, -0.05) is 30.3 Å². The Kier molecular flexibility index (Phi) is 7.44. The van der Waals surface area contributed by atoms with E-state index in [1.54, 1.807) is 4.90 Å². The van der Waals surface area contributed by atoms with E-state index in [0.717, 1.165) is 11.6 Å². The fourth-order valence-electron chi connectivity index (χ4n) is 3.58. The number of benzene rings is 2. The molecule has 1 fully saturated rings. The number of hydrogen-bond acceptors (Lipinski definition) is 7. The fraction of sp³-hybridized carbons (Fsp3) is 0.381. The number of ether oxygens (including phenoxy) is 1. The van der Waals surface area contributed by atoms with Gasteiger partial charge in [0, 0.05) is 38.8 Å². The maximum Gasteiger partial charge on any atom is 0.312 e. The average molecular weight is 463 g/mol. The topological polar surface area (TPSA) is 113 Å². The van der Waals surface area contributed by atoms with Gasteiger partial charge in [-0.15, -0.1) is 0 Å². The van der Waals surface area contributed by atoms with Crippen molar-refractivity contribution in [2.75, 3.05) is 46.9 Å². The normalized spacial score (nSPS) is 15.0. The van der Waals surface area contributed by atoms with Crippen molar-refractivity contribution < 1.29 is 22.9 Å². The number of hydrogen-bond donors (Lipinski definition) is 0. The third-order valence-electron chi connectivity index (χ3n) is 5.28. The molecule has 1 amide bonds. The summed E-state index contributed by atoms with van der Waals surface area (Å²) in [7, 11) is -0.786. The molecule has 0 aliphatic carbocycles. The first-order valence-electron chi connectivity index (χ1n) is 10.0. The number of carbonyl (C=O) groups is 1. The van der Waals surface area contributed by atoms with Crippen molar-refractivity contribution in [1.82, 2.24) is 14.1 Å². The standard InChI is InChI=1S/C21H26N4O6S/c1-22(15-17-6-4-3-5-7-17)16-21(26)23-10-12-24(13-11-23)32(29,30)18-8-9-20(31-2)19(14-18)25(27)28/h3-9,14H,10-13,15-16H2,1-2H3. The van der Waals surface area contributed by atoms with E-state index in [-0.39, 0.29) is 49.3 Å². The van der Waals surface area contributed by atoms with E-state index in [1.165, 1.54) is 23.5 Å². The van der Waals surface area contributed by atoms with Gasteiger partial charge in [-0.25, -0.2) is 8.42 Å². The first kappa shape index (κ1) is 23.6. The number of nitro groups is 1. The van der Waals surface area contributed by atoms with Gasteiger partial charge < -0.3 is 9.64 Å². The Morgan fingerprint density at radius 1 is 1.12 bits per heavy atom. The van der Waals surface area contributed by atoms with Gasteiger partial charge in [-0.2, -0.15) is 4.31 Å². The molecule has 172 valence electrons. The highest BCUT2D eigenvalue weighted by Crippen LogP contribution is 2.30. The lowest BCUT2D eigenvalue weighted by Gasteiger charge is -2.34. The minimum atomic E-state index is -3.93. The lowest BCUT2D eigenvalue weighted by Crippen LogP contribution is -2.52. The number of methoxy groups -OCH3 is 1. The molecule has 0 aromatic heterocycles. The van der Waals surface area contributed by atoms with Gasteiger partial charge in [0.1, 0.15) is 0 Å². The number of rotatable bonds is 8. The second-order valence-electron chi connectivity index (χ2n) is 7.53. The number of nitrogens with zero attached hydrogens (tertiary/aromatic N) is 4. The maximum absolute atomic E-state index is 13.0. The van der Waals surface area contributed by atoms with Crippen LogP contribution in [0.15, 0.2) is 53.4 Å². The van der Waals surface area contributed by atoms with Gasteiger partial charge in [0.25, 0.3) is 0 Å². The predicted molar refractivity (Wildman–Crippen MR) is 118 cm³/mol. The Hall–Kier alpha value is -3.02. The van der Waals surface area contributed by atoms with Crippen LogP contribution in [-0.2, 0) is 21.4 Å². The summed E-state index contributed by atoms with van der Waals surface area (Å²) in [6.07, 6.45) is 0. The van der Waals surface area contributed by atoms with Gasteiger partial charge >= 0.3 is 5.69 Å². The molecule has 10 nitrogen and oxygen atoms in total. The van der Waals surface area contributed by atoms with Gasteiger partial charge in [0.15, 0.2) is 5.75 Å². The first-order valence-corrected chi connectivity index (χ1v) is 11.5. The minimum absolute atomic E-state index is 0.0102. The van der Waals surface area contributed by atoms with Crippen LogP contribution in [0, 0.1) is 10.1 Å². The highest BCUT2D eigenvalue weighted by atomic mass is 32.2. The molecule has 0 saturated carbocycles. The minimum Gasteiger partial charge on any atom is -0.490 e. The Bertz CT molecular complexity index is 1070. The zero-order chi connectivity index (χ0) is 23.3. The number of piperazine rings is 1. The van der Waals surface area contributed by atoms with E-state index < -0.39 is 20.6 Å².